The summed E-state index contributed by atoms with van der Waals surface area (Å²) in [6.07, 6.45) is 1.97. The molecule has 1 saturated heterocycles. The zero-order valence-electron chi connectivity index (χ0n) is 15.7. The predicted molar refractivity (Wildman–Crippen MR) is 96.2 cm³/mol. The Kier molecular flexibility index (Phi) is 6.05. The highest BCUT2D eigenvalue weighted by atomic mass is 28.4. The van der Waals surface area contributed by atoms with Crippen LogP contribution in [0.4, 0.5) is 0 Å². The van der Waals surface area contributed by atoms with Crippen molar-refractivity contribution in [2.24, 2.45) is 0 Å². The van der Waals surface area contributed by atoms with Crippen LogP contribution in [0.2, 0.25) is 18.1 Å². The molecule has 1 fully saturated rings. The third kappa shape index (κ3) is 4.89. The summed E-state index contributed by atoms with van der Waals surface area (Å²) in [5.74, 6) is 1.14. The maximum atomic E-state index is 6.32. The van der Waals surface area contributed by atoms with Crippen molar-refractivity contribution >= 4 is 8.32 Å². The van der Waals surface area contributed by atoms with Crippen molar-refractivity contribution in [3.8, 4) is 0 Å². The van der Waals surface area contributed by atoms with E-state index < -0.39 is 8.32 Å². The molecular weight excluding hydrogens is 306 g/mol. The van der Waals surface area contributed by atoms with Crippen molar-refractivity contribution in [2.75, 3.05) is 32.9 Å². The highest BCUT2D eigenvalue weighted by Gasteiger charge is 2.36. The number of rotatable bonds is 6. The van der Waals surface area contributed by atoms with Gasteiger partial charge in [-0.1, -0.05) is 20.8 Å². The van der Waals surface area contributed by atoms with E-state index in [2.05, 4.69) is 55.2 Å². The second-order valence-corrected chi connectivity index (χ2v) is 12.8. The van der Waals surface area contributed by atoms with E-state index in [1.807, 2.05) is 6.20 Å². The van der Waals surface area contributed by atoms with Gasteiger partial charge in [-0.3, -0.25) is 4.90 Å². The average molecular weight is 340 g/mol. The molecule has 0 unspecified atom stereocenters. The van der Waals surface area contributed by atoms with Gasteiger partial charge in [0.15, 0.2) is 8.32 Å². The smallest absolute Gasteiger partial charge is 0.192 e. The van der Waals surface area contributed by atoms with Crippen LogP contribution < -0.4 is 0 Å². The first kappa shape index (κ1) is 18.6. The van der Waals surface area contributed by atoms with Crippen LogP contribution in [0.3, 0.4) is 0 Å². The Bertz CT molecular complexity index is 502. The number of aryl methyl sites for hydroxylation is 1. The minimum Gasteiger partial charge on any atom is -0.415 e. The molecule has 2 rings (SSSR count). The summed E-state index contributed by atoms with van der Waals surface area (Å²) >= 11 is 0. The van der Waals surface area contributed by atoms with Crippen LogP contribution in [0.5, 0.6) is 0 Å². The minimum atomic E-state index is -1.68. The highest BCUT2D eigenvalue weighted by molar-refractivity contribution is 6.74. The van der Waals surface area contributed by atoms with Crippen molar-refractivity contribution in [3.63, 3.8) is 0 Å². The predicted octanol–water partition coefficient (Wildman–Crippen LogP) is 3.05. The lowest BCUT2D eigenvalue weighted by Crippen LogP contribution is -2.41. The van der Waals surface area contributed by atoms with Crippen molar-refractivity contribution < 1.29 is 9.16 Å². The average Bonchev–Trinajstić information content (AvgIpc) is 2.80. The molecule has 0 saturated carbocycles. The van der Waals surface area contributed by atoms with Gasteiger partial charge in [0.25, 0.3) is 0 Å². The Balaban J connectivity index is 1.93. The van der Waals surface area contributed by atoms with E-state index in [0.717, 1.165) is 51.8 Å². The normalized spacial score (nSPS) is 17.7. The van der Waals surface area contributed by atoms with Gasteiger partial charge < -0.3 is 13.7 Å². The zero-order chi connectivity index (χ0) is 17.1. The van der Waals surface area contributed by atoms with Crippen molar-refractivity contribution in [3.05, 3.63) is 17.7 Å². The molecule has 0 bridgehead atoms. The SMILES string of the molecule is Cc1cnc(CN2CCOCC2)n1CCO[Si](C)(C)C(C)(C)C. The number of ether oxygens (including phenoxy) is 1. The second-order valence-electron chi connectivity index (χ2n) is 7.96. The van der Waals surface area contributed by atoms with E-state index in [0.29, 0.717) is 0 Å². The van der Waals surface area contributed by atoms with E-state index in [1.54, 1.807) is 0 Å². The summed E-state index contributed by atoms with van der Waals surface area (Å²) in [5.41, 5.74) is 1.21. The van der Waals surface area contributed by atoms with Crippen LogP contribution in [0.1, 0.15) is 32.3 Å². The largest absolute Gasteiger partial charge is 0.415 e. The Hall–Kier alpha value is -0.693. The van der Waals surface area contributed by atoms with Crippen LogP contribution in [-0.4, -0.2) is 55.7 Å². The summed E-state index contributed by atoms with van der Waals surface area (Å²) in [6, 6.07) is 0. The number of aromatic nitrogens is 2. The first-order chi connectivity index (χ1) is 10.7. The monoisotopic (exact) mass is 339 g/mol. The molecule has 1 aliphatic rings. The van der Waals surface area contributed by atoms with Gasteiger partial charge >= 0.3 is 0 Å². The third-order valence-electron chi connectivity index (χ3n) is 5.19. The highest BCUT2D eigenvalue weighted by Crippen LogP contribution is 2.36. The molecule has 0 N–H and O–H groups in total. The molecule has 0 atom stereocenters. The number of hydrogen-bond acceptors (Lipinski definition) is 4. The zero-order valence-corrected chi connectivity index (χ0v) is 16.7. The first-order valence-electron chi connectivity index (χ1n) is 8.66. The second kappa shape index (κ2) is 7.47. The number of morpholine rings is 1. The molecule has 0 radical (unpaired) electrons. The van der Waals surface area contributed by atoms with Crippen molar-refractivity contribution in [1.82, 2.24) is 14.5 Å². The molecule has 1 aliphatic heterocycles. The van der Waals surface area contributed by atoms with Crippen molar-refractivity contribution in [2.45, 2.75) is 58.9 Å². The summed E-state index contributed by atoms with van der Waals surface area (Å²) in [6.45, 7) is 19.8. The van der Waals surface area contributed by atoms with Crippen LogP contribution in [0.15, 0.2) is 6.20 Å². The summed E-state index contributed by atoms with van der Waals surface area (Å²) in [4.78, 5) is 7.02. The number of nitrogens with zero attached hydrogens (tertiary/aromatic N) is 3. The van der Waals surface area contributed by atoms with E-state index in [-0.39, 0.29) is 5.04 Å². The molecule has 0 spiro atoms. The van der Waals surface area contributed by atoms with Crippen LogP contribution in [-0.2, 0) is 22.3 Å². The van der Waals surface area contributed by atoms with Gasteiger partial charge in [-0.2, -0.15) is 0 Å². The van der Waals surface area contributed by atoms with Gasteiger partial charge in [-0.05, 0) is 25.1 Å². The van der Waals surface area contributed by atoms with Crippen LogP contribution in [0.25, 0.3) is 0 Å². The fraction of sp³-hybridized carbons (Fsp3) is 0.824. The molecular formula is C17H33N3O2Si. The molecule has 0 aromatic carbocycles. The number of imidazole rings is 1. The summed E-state index contributed by atoms with van der Waals surface area (Å²) in [5, 5.41) is 0.258. The van der Waals surface area contributed by atoms with Gasteiger partial charge in [0.2, 0.25) is 0 Å². The molecule has 6 heteroatoms. The number of hydrogen-bond donors (Lipinski definition) is 0. The summed E-state index contributed by atoms with van der Waals surface area (Å²) in [7, 11) is -1.68. The lowest BCUT2D eigenvalue weighted by molar-refractivity contribution is 0.0324. The lowest BCUT2D eigenvalue weighted by Gasteiger charge is -2.36. The quantitative estimate of drug-likeness (QED) is 0.747. The van der Waals surface area contributed by atoms with Crippen LogP contribution >= 0.6 is 0 Å². The first-order valence-corrected chi connectivity index (χ1v) is 11.6. The fourth-order valence-electron chi connectivity index (χ4n) is 2.51. The van der Waals surface area contributed by atoms with Gasteiger partial charge in [0.05, 0.1) is 26.4 Å². The molecule has 0 amide bonds. The van der Waals surface area contributed by atoms with Gasteiger partial charge in [-0.15, -0.1) is 0 Å². The Morgan fingerprint density at radius 3 is 2.52 bits per heavy atom. The fourth-order valence-corrected chi connectivity index (χ4v) is 3.54. The molecule has 1 aromatic heterocycles. The van der Waals surface area contributed by atoms with E-state index in [1.165, 1.54) is 5.69 Å². The standard InChI is InChI=1S/C17H33N3O2Si/c1-15-13-18-16(14-19-7-10-21-11-8-19)20(15)9-12-22-23(5,6)17(2,3)4/h13H,7-12,14H2,1-6H3. The third-order valence-corrected chi connectivity index (χ3v) is 9.73. The van der Waals surface area contributed by atoms with E-state index in [9.17, 15) is 0 Å². The van der Waals surface area contributed by atoms with Crippen LogP contribution in [0, 0.1) is 6.92 Å². The molecule has 132 valence electrons. The molecule has 2 heterocycles. The summed E-state index contributed by atoms with van der Waals surface area (Å²) < 4.78 is 14.1. The van der Waals surface area contributed by atoms with E-state index in [4.69, 9.17) is 9.16 Å². The molecule has 23 heavy (non-hydrogen) atoms. The topological polar surface area (TPSA) is 39.5 Å². The van der Waals surface area contributed by atoms with Gasteiger partial charge in [0.1, 0.15) is 5.82 Å². The van der Waals surface area contributed by atoms with Crippen molar-refractivity contribution in [1.29, 1.82) is 0 Å². The molecule has 0 aliphatic carbocycles. The maximum absolute atomic E-state index is 6.32. The maximum Gasteiger partial charge on any atom is 0.192 e. The Labute approximate surface area is 142 Å². The lowest BCUT2D eigenvalue weighted by atomic mass is 10.2. The van der Waals surface area contributed by atoms with Gasteiger partial charge in [0, 0.05) is 31.5 Å². The molecule has 1 aromatic rings. The Morgan fingerprint density at radius 1 is 1.26 bits per heavy atom. The van der Waals surface area contributed by atoms with E-state index >= 15 is 0 Å². The Morgan fingerprint density at radius 2 is 1.91 bits per heavy atom. The molecule has 5 nitrogen and oxygen atoms in total. The minimum absolute atomic E-state index is 0.258. The van der Waals surface area contributed by atoms with Gasteiger partial charge in [-0.25, -0.2) is 4.98 Å².